The first-order chi connectivity index (χ1) is 8.25. The Labute approximate surface area is 116 Å². The molecule has 0 spiro atoms. The largest absolute Gasteiger partial charge is 0.488 e. The maximum Gasteiger partial charge on any atom is 0.238 e. The van der Waals surface area contributed by atoms with Gasteiger partial charge in [0.15, 0.2) is 5.75 Å². The zero-order chi connectivity index (χ0) is 13.9. The molecule has 1 unspecified atom stereocenters. The average molecular weight is 314 g/mol. The van der Waals surface area contributed by atoms with Crippen molar-refractivity contribution in [1.29, 1.82) is 0 Å². The molecule has 0 aliphatic rings. The van der Waals surface area contributed by atoms with E-state index in [0.717, 1.165) is 0 Å². The van der Waals surface area contributed by atoms with Gasteiger partial charge in [-0.2, -0.15) is 0 Å². The Bertz CT molecular complexity index is 510. The number of sulfonamides is 1. The highest BCUT2D eigenvalue weighted by Gasteiger charge is 2.16. The molecule has 102 valence electrons. The topological polar surface area (TPSA) is 78.6 Å². The number of halogens is 2. The minimum absolute atomic E-state index is 0.0785. The number of ether oxygens (including phenoxy) is 2. The predicted molar refractivity (Wildman–Crippen MR) is 69.8 cm³/mol. The summed E-state index contributed by atoms with van der Waals surface area (Å²) in [6, 6.07) is 2.38. The van der Waals surface area contributed by atoms with Gasteiger partial charge in [0.05, 0.1) is 21.0 Å². The maximum atomic E-state index is 11.2. The van der Waals surface area contributed by atoms with Crippen LogP contribution in [0.3, 0.4) is 0 Å². The van der Waals surface area contributed by atoms with Gasteiger partial charge in [0.1, 0.15) is 6.61 Å². The molecule has 1 rings (SSSR count). The van der Waals surface area contributed by atoms with Crippen molar-refractivity contribution in [3.05, 3.63) is 22.2 Å². The molecule has 18 heavy (non-hydrogen) atoms. The number of hydrogen-bond donors (Lipinski definition) is 1. The van der Waals surface area contributed by atoms with E-state index in [-0.39, 0.29) is 33.4 Å². The molecule has 5 nitrogen and oxygen atoms in total. The van der Waals surface area contributed by atoms with Crippen LogP contribution in [0.1, 0.15) is 6.92 Å². The van der Waals surface area contributed by atoms with Crippen LogP contribution in [-0.2, 0) is 14.8 Å². The molecule has 1 aromatic rings. The summed E-state index contributed by atoms with van der Waals surface area (Å²) in [7, 11) is -2.31. The molecule has 0 radical (unpaired) electrons. The monoisotopic (exact) mass is 313 g/mol. The van der Waals surface area contributed by atoms with Crippen molar-refractivity contribution in [3.63, 3.8) is 0 Å². The second kappa shape index (κ2) is 6.08. The highest BCUT2D eigenvalue weighted by Crippen LogP contribution is 2.35. The van der Waals surface area contributed by atoms with Crippen molar-refractivity contribution in [3.8, 4) is 5.75 Å². The highest BCUT2D eigenvalue weighted by atomic mass is 35.5. The fourth-order valence-electron chi connectivity index (χ4n) is 1.11. The van der Waals surface area contributed by atoms with E-state index < -0.39 is 10.0 Å². The van der Waals surface area contributed by atoms with E-state index in [1.165, 1.54) is 12.1 Å². The lowest BCUT2D eigenvalue weighted by atomic mass is 10.3. The summed E-state index contributed by atoms with van der Waals surface area (Å²) in [5.74, 6) is 0.203. The molecule has 1 aromatic carbocycles. The molecule has 2 N–H and O–H groups in total. The lowest BCUT2D eigenvalue weighted by molar-refractivity contribution is 0.0717. The summed E-state index contributed by atoms with van der Waals surface area (Å²) in [4.78, 5) is -0.162. The van der Waals surface area contributed by atoms with E-state index in [4.69, 9.17) is 37.8 Å². The van der Waals surface area contributed by atoms with Gasteiger partial charge in [0.2, 0.25) is 10.0 Å². The quantitative estimate of drug-likeness (QED) is 0.902. The molecule has 1 atom stereocenters. The van der Waals surface area contributed by atoms with Crippen LogP contribution in [0.2, 0.25) is 10.0 Å². The van der Waals surface area contributed by atoms with Crippen molar-refractivity contribution in [2.24, 2.45) is 5.14 Å². The molecule has 8 heteroatoms. The second-order valence-electron chi connectivity index (χ2n) is 3.62. The first kappa shape index (κ1) is 15.5. The van der Waals surface area contributed by atoms with Crippen molar-refractivity contribution < 1.29 is 17.9 Å². The summed E-state index contributed by atoms with van der Waals surface area (Å²) in [6.45, 7) is 2.05. The first-order valence-corrected chi connectivity index (χ1v) is 7.23. The third kappa shape index (κ3) is 4.00. The Kier molecular flexibility index (Phi) is 5.24. The number of nitrogens with two attached hydrogens (primary N) is 1. The van der Waals surface area contributed by atoms with Gasteiger partial charge in [0, 0.05) is 7.11 Å². The lowest BCUT2D eigenvalue weighted by Gasteiger charge is -2.14. The Morgan fingerprint density at radius 3 is 2.22 bits per heavy atom. The SMILES string of the molecule is COC(C)COc1c(Cl)cc(S(N)(=O)=O)cc1Cl. The van der Waals surface area contributed by atoms with Crippen molar-refractivity contribution in [2.45, 2.75) is 17.9 Å². The van der Waals surface area contributed by atoms with Gasteiger partial charge < -0.3 is 9.47 Å². The minimum Gasteiger partial charge on any atom is -0.488 e. The third-order valence-electron chi connectivity index (χ3n) is 2.17. The van der Waals surface area contributed by atoms with Crippen LogP contribution in [-0.4, -0.2) is 28.2 Å². The molecule has 0 heterocycles. The van der Waals surface area contributed by atoms with E-state index in [1.807, 2.05) is 0 Å². The number of methoxy groups -OCH3 is 1. The van der Waals surface area contributed by atoms with Crippen LogP contribution >= 0.6 is 23.2 Å². The molecule has 0 aromatic heterocycles. The molecule has 0 bridgehead atoms. The van der Waals surface area contributed by atoms with E-state index in [9.17, 15) is 8.42 Å². The van der Waals surface area contributed by atoms with Crippen LogP contribution in [0, 0.1) is 0 Å². The van der Waals surface area contributed by atoms with Crippen LogP contribution < -0.4 is 9.88 Å². The molecular weight excluding hydrogens is 301 g/mol. The van der Waals surface area contributed by atoms with Gasteiger partial charge in [0.25, 0.3) is 0 Å². The summed E-state index contributed by atoms with van der Waals surface area (Å²) < 4.78 is 32.7. The van der Waals surface area contributed by atoms with Crippen molar-refractivity contribution in [2.75, 3.05) is 13.7 Å². The minimum atomic E-state index is -3.85. The smallest absolute Gasteiger partial charge is 0.238 e. The Hall–Kier alpha value is -0.530. The number of primary sulfonamides is 1. The number of rotatable bonds is 5. The normalized spacial score (nSPS) is 13.4. The van der Waals surface area contributed by atoms with Gasteiger partial charge in [-0.3, -0.25) is 0 Å². The zero-order valence-electron chi connectivity index (χ0n) is 9.81. The van der Waals surface area contributed by atoms with E-state index in [1.54, 1.807) is 14.0 Å². The molecule has 0 aliphatic heterocycles. The molecule has 0 amide bonds. The van der Waals surface area contributed by atoms with Gasteiger partial charge in [-0.25, -0.2) is 13.6 Å². The molecule has 0 saturated heterocycles. The number of hydrogen-bond acceptors (Lipinski definition) is 4. The molecule has 0 aliphatic carbocycles. The van der Waals surface area contributed by atoms with Crippen LogP contribution in [0.5, 0.6) is 5.75 Å². The standard InChI is InChI=1S/C10H13Cl2NO4S/c1-6(16-2)5-17-10-8(11)3-7(4-9(10)12)18(13,14)15/h3-4,6H,5H2,1-2H3,(H2,13,14,15). The molecular formula is C10H13Cl2NO4S. The first-order valence-electron chi connectivity index (χ1n) is 4.93. The Balaban J connectivity index is 3.02. The maximum absolute atomic E-state index is 11.2. The highest BCUT2D eigenvalue weighted by molar-refractivity contribution is 7.89. The van der Waals surface area contributed by atoms with E-state index >= 15 is 0 Å². The van der Waals surface area contributed by atoms with Gasteiger partial charge >= 0.3 is 0 Å². The second-order valence-corrected chi connectivity index (χ2v) is 5.99. The summed E-state index contributed by atoms with van der Waals surface area (Å²) in [5.41, 5.74) is 0. The summed E-state index contributed by atoms with van der Waals surface area (Å²) in [5, 5.41) is 5.14. The summed E-state index contributed by atoms with van der Waals surface area (Å²) in [6.07, 6.45) is -0.143. The molecule has 0 fully saturated rings. The fourth-order valence-corrected chi connectivity index (χ4v) is 2.40. The Morgan fingerprint density at radius 2 is 1.83 bits per heavy atom. The van der Waals surface area contributed by atoms with Gasteiger partial charge in [-0.05, 0) is 19.1 Å². The van der Waals surface area contributed by atoms with Crippen LogP contribution in [0.25, 0.3) is 0 Å². The third-order valence-corrected chi connectivity index (χ3v) is 3.62. The van der Waals surface area contributed by atoms with Crippen LogP contribution in [0.15, 0.2) is 17.0 Å². The number of benzene rings is 1. The lowest BCUT2D eigenvalue weighted by Crippen LogP contribution is -2.16. The van der Waals surface area contributed by atoms with E-state index in [0.29, 0.717) is 0 Å². The van der Waals surface area contributed by atoms with Gasteiger partial charge in [-0.15, -0.1) is 0 Å². The fraction of sp³-hybridized carbons (Fsp3) is 0.400. The van der Waals surface area contributed by atoms with Gasteiger partial charge in [-0.1, -0.05) is 23.2 Å². The predicted octanol–water partition coefficient (Wildman–Crippen LogP) is 2.05. The zero-order valence-corrected chi connectivity index (χ0v) is 12.1. The van der Waals surface area contributed by atoms with Crippen molar-refractivity contribution in [1.82, 2.24) is 0 Å². The van der Waals surface area contributed by atoms with Crippen LogP contribution in [0.4, 0.5) is 0 Å². The average Bonchev–Trinajstić information content (AvgIpc) is 2.26. The Morgan fingerprint density at radius 1 is 1.33 bits per heavy atom. The molecule has 0 saturated carbocycles. The summed E-state index contributed by atoms with van der Waals surface area (Å²) >= 11 is 11.8. The van der Waals surface area contributed by atoms with Crippen molar-refractivity contribution >= 4 is 33.2 Å². The van der Waals surface area contributed by atoms with E-state index in [2.05, 4.69) is 0 Å².